The van der Waals surface area contributed by atoms with Crippen LogP contribution in [0.4, 0.5) is 0 Å². The molecule has 1 heterocycles. The monoisotopic (exact) mass is 460 g/mol. The van der Waals surface area contributed by atoms with Crippen molar-refractivity contribution in [1.82, 2.24) is 0 Å². The van der Waals surface area contributed by atoms with E-state index in [1.165, 1.54) is 13.8 Å². The number of benzene rings is 1. The van der Waals surface area contributed by atoms with Gasteiger partial charge in [-0.15, -0.1) is 0 Å². The molecule has 1 N–H and O–H groups in total. The van der Waals surface area contributed by atoms with Crippen LogP contribution in [0.1, 0.15) is 38.1 Å². The molecule has 0 aromatic heterocycles. The van der Waals surface area contributed by atoms with E-state index in [4.69, 9.17) is 28.0 Å². The zero-order valence-corrected chi connectivity index (χ0v) is 18.9. The van der Waals surface area contributed by atoms with Crippen LogP contribution >= 0.6 is 7.60 Å². The molecule has 0 bridgehead atoms. The number of carbonyl (C=O) groups excluding carboxylic acids is 2. The van der Waals surface area contributed by atoms with Gasteiger partial charge in [-0.25, -0.2) is 4.79 Å². The summed E-state index contributed by atoms with van der Waals surface area (Å²) in [4.78, 5) is 24.4. The predicted molar refractivity (Wildman–Crippen MR) is 108 cm³/mol. The van der Waals surface area contributed by atoms with E-state index in [1.54, 1.807) is 44.2 Å². The van der Waals surface area contributed by atoms with Crippen molar-refractivity contribution in [3.63, 3.8) is 0 Å². The molecule has 0 saturated carbocycles. The zero-order chi connectivity index (χ0) is 23.1. The summed E-state index contributed by atoms with van der Waals surface area (Å²) in [7, 11) is -3.59. The molecule has 1 fully saturated rings. The van der Waals surface area contributed by atoms with Crippen LogP contribution in [-0.4, -0.2) is 67.3 Å². The van der Waals surface area contributed by atoms with Gasteiger partial charge in [-0.2, -0.15) is 0 Å². The van der Waals surface area contributed by atoms with Gasteiger partial charge in [0.2, 0.25) is 0 Å². The highest BCUT2D eigenvalue weighted by Gasteiger charge is 2.59. The Morgan fingerprint density at radius 2 is 1.77 bits per heavy atom. The van der Waals surface area contributed by atoms with Crippen LogP contribution in [0, 0.1) is 0 Å². The summed E-state index contributed by atoms with van der Waals surface area (Å²) in [5.41, 5.74) is -1.32. The third-order valence-corrected chi connectivity index (χ3v) is 6.35. The normalized spacial score (nSPS) is 25.9. The molecule has 0 amide bonds. The molecular formula is C20H29O10P. The molecule has 4 atom stereocenters. The number of hydrogen-bond acceptors (Lipinski definition) is 10. The van der Waals surface area contributed by atoms with Gasteiger partial charge < -0.3 is 33.1 Å². The van der Waals surface area contributed by atoms with Crippen LogP contribution in [0.5, 0.6) is 0 Å². The van der Waals surface area contributed by atoms with Gasteiger partial charge >= 0.3 is 19.5 Å². The zero-order valence-electron chi connectivity index (χ0n) is 18.0. The van der Waals surface area contributed by atoms with E-state index < -0.39 is 56.6 Å². The van der Waals surface area contributed by atoms with Crippen LogP contribution in [0.25, 0.3) is 0 Å². The Morgan fingerprint density at radius 1 is 1.16 bits per heavy atom. The third-order valence-electron chi connectivity index (χ3n) is 4.58. The molecule has 2 rings (SSSR count). The minimum atomic E-state index is -3.59. The topological polar surface area (TPSA) is 127 Å². The smallest absolute Gasteiger partial charge is 0.356 e. The molecule has 1 aliphatic heterocycles. The first-order valence-corrected chi connectivity index (χ1v) is 11.6. The molecule has 1 aromatic rings. The van der Waals surface area contributed by atoms with Crippen molar-refractivity contribution in [2.75, 3.05) is 26.2 Å². The van der Waals surface area contributed by atoms with E-state index in [0.717, 1.165) is 0 Å². The van der Waals surface area contributed by atoms with Crippen molar-refractivity contribution >= 4 is 19.5 Å². The Hall–Kier alpha value is -1.81. The lowest BCUT2D eigenvalue weighted by Crippen LogP contribution is -2.52. The average molecular weight is 460 g/mol. The number of esters is 2. The SMILES string of the molecule is CCOP(=O)(CO[C@H]1O[C@@H](CO)C(C)(OC(=O)c2ccccc2)C1OC(C)=O)OCC. The van der Waals surface area contributed by atoms with E-state index >= 15 is 0 Å². The van der Waals surface area contributed by atoms with Crippen LogP contribution in [0.3, 0.4) is 0 Å². The minimum absolute atomic E-state index is 0.130. The van der Waals surface area contributed by atoms with E-state index in [1.807, 2.05) is 0 Å². The van der Waals surface area contributed by atoms with E-state index in [-0.39, 0.29) is 18.8 Å². The largest absolute Gasteiger partial charge is 0.453 e. The van der Waals surface area contributed by atoms with Crippen LogP contribution in [-0.2, 0) is 37.4 Å². The lowest BCUT2D eigenvalue weighted by Gasteiger charge is -2.33. The maximum atomic E-state index is 12.7. The summed E-state index contributed by atoms with van der Waals surface area (Å²) in [5, 5.41) is 9.83. The first-order valence-electron chi connectivity index (χ1n) is 9.90. The van der Waals surface area contributed by atoms with Crippen LogP contribution in [0.2, 0.25) is 0 Å². The molecule has 174 valence electrons. The second-order valence-electron chi connectivity index (χ2n) is 6.89. The van der Waals surface area contributed by atoms with Crippen molar-refractivity contribution in [3.05, 3.63) is 35.9 Å². The highest BCUT2D eigenvalue weighted by atomic mass is 31.2. The van der Waals surface area contributed by atoms with Gasteiger partial charge in [0, 0.05) is 6.92 Å². The number of ether oxygens (including phenoxy) is 4. The fourth-order valence-electron chi connectivity index (χ4n) is 3.15. The first-order chi connectivity index (χ1) is 14.7. The standard InChI is InChI=1S/C20H29O10P/c1-5-26-31(24,27-6-2)13-25-19-17(28-14(3)22)20(4,16(12-21)29-19)30-18(23)15-10-8-7-9-11-15/h7-11,16-17,19,21H,5-6,12-13H2,1-4H3/t16-,17?,19-,20?/m0/s1. The molecule has 2 unspecified atom stereocenters. The highest BCUT2D eigenvalue weighted by molar-refractivity contribution is 7.53. The fourth-order valence-corrected chi connectivity index (χ4v) is 4.49. The van der Waals surface area contributed by atoms with Gasteiger partial charge in [0.05, 0.1) is 25.4 Å². The van der Waals surface area contributed by atoms with Crippen molar-refractivity contribution in [2.45, 2.75) is 51.8 Å². The highest BCUT2D eigenvalue weighted by Crippen LogP contribution is 2.49. The third kappa shape index (κ3) is 6.35. The Balaban J connectivity index is 2.26. The Bertz CT molecular complexity index is 775. The van der Waals surface area contributed by atoms with Gasteiger partial charge in [-0.1, -0.05) is 18.2 Å². The number of rotatable bonds is 11. The van der Waals surface area contributed by atoms with Crippen LogP contribution < -0.4 is 0 Å². The minimum Gasteiger partial charge on any atom is -0.453 e. The first kappa shape index (κ1) is 25.5. The lowest BCUT2D eigenvalue weighted by atomic mass is 9.94. The molecule has 11 heteroatoms. The predicted octanol–water partition coefficient (Wildman–Crippen LogP) is 2.49. The van der Waals surface area contributed by atoms with Crippen molar-refractivity contribution in [1.29, 1.82) is 0 Å². The van der Waals surface area contributed by atoms with Gasteiger partial charge in [0.15, 0.2) is 24.3 Å². The lowest BCUT2D eigenvalue weighted by molar-refractivity contribution is -0.185. The number of hydrogen-bond donors (Lipinski definition) is 1. The molecule has 0 aliphatic carbocycles. The molecule has 0 spiro atoms. The second-order valence-corrected chi connectivity index (χ2v) is 8.88. The average Bonchev–Trinajstić information content (AvgIpc) is 2.98. The summed E-state index contributed by atoms with van der Waals surface area (Å²) < 4.78 is 45.3. The van der Waals surface area contributed by atoms with E-state index in [2.05, 4.69) is 0 Å². The van der Waals surface area contributed by atoms with Gasteiger partial charge in [0.1, 0.15) is 6.10 Å². The molecule has 1 aliphatic rings. The molecular weight excluding hydrogens is 431 g/mol. The van der Waals surface area contributed by atoms with E-state index in [9.17, 15) is 19.3 Å². The maximum Gasteiger partial charge on any atom is 0.356 e. The molecule has 0 radical (unpaired) electrons. The summed E-state index contributed by atoms with van der Waals surface area (Å²) in [6.45, 7) is 5.66. The van der Waals surface area contributed by atoms with E-state index in [0.29, 0.717) is 0 Å². The van der Waals surface area contributed by atoms with Crippen molar-refractivity contribution in [2.24, 2.45) is 0 Å². The number of aliphatic hydroxyl groups excluding tert-OH is 1. The Kier molecular flexibility index (Phi) is 9.17. The fraction of sp³-hybridized carbons (Fsp3) is 0.600. The summed E-state index contributed by atoms with van der Waals surface area (Å²) in [6, 6.07) is 8.20. The van der Waals surface area contributed by atoms with Gasteiger partial charge in [0.25, 0.3) is 0 Å². The Morgan fingerprint density at radius 3 is 2.29 bits per heavy atom. The molecule has 1 aromatic carbocycles. The number of aliphatic hydroxyl groups is 1. The van der Waals surface area contributed by atoms with Gasteiger partial charge in [-0.3, -0.25) is 9.36 Å². The number of carbonyl (C=O) groups is 2. The maximum absolute atomic E-state index is 12.7. The van der Waals surface area contributed by atoms with Crippen molar-refractivity contribution in [3.8, 4) is 0 Å². The van der Waals surface area contributed by atoms with Gasteiger partial charge in [-0.05, 0) is 32.9 Å². The summed E-state index contributed by atoms with van der Waals surface area (Å²) >= 11 is 0. The second kappa shape index (κ2) is 11.2. The summed E-state index contributed by atoms with van der Waals surface area (Å²) in [5.74, 6) is -1.38. The molecule has 31 heavy (non-hydrogen) atoms. The van der Waals surface area contributed by atoms with Crippen LogP contribution in [0.15, 0.2) is 30.3 Å². The Labute approximate surface area is 181 Å². The molecule has 10 nitrogen and oxygen atoms in total. The van der Waals surface area contributed by atoms with Crippen molar-refractivity contribution < 1.29 is 47.3 Å². The summed E-state index contributed by atoms with van der Waals surface area (Å²) in [6.07, 6.45) is -4.10. The molecule has 1 saturated heterocycles. The quantitative estimate of drug-likeness (QED) is 0.389.